The molecule has 0 fully saturated rings. The summed E-state index contributed by atoms with van der Waals surface area (Å²) in [5.41, 5.74) is 1.27. The van der Waals surface area contributed by atoms with E-state index < -0.39 is 15.8 Å². The van der Waals surface area contributed by atoms with Crippen molar-refractivity contribution in [2.24, 2.45) is 0 Å². The second-order valence-corrected chi connectivity index (χ2v) is 9.19. The zero-order valence-electron chi connectivity index (χ0n) is 15.7. The molecule has 0 bridgehead atoms. The van der Waals surface area contributed by atoms with Crippen molar-refractivity contribution in [2.45, 2.75) is 10.8 Å². The maximum Gasteiger partial charge on any atom is 0.272 e. The highest BCUT2D eigenvalue weighted by Crippen LogP contribution is 2.35. The molecule has 0 saturated carbocycles. The Morgan fingerprint density at radius 3 is 2.80 bits per heavy atom. The number of fused-ring (bicyclic) bond motifs is 1. The zero-order valence-corrected chi connectivity index (χ0v) is 17.3. The first-order valence-corrected chi connectivity index (χ1v) is 11.1. The minimum absolute atomic E-state index is 0.0359. The minimum Gasteiger partial charge on any atom is -0.496 e. The molecule has 0 saturated heterocycles. The van der Waals surface area contributed by atoms with Crippen LogP contribution < -0.4 is 9.46 Å². The predicted molar refractivity (Wildman–Crippen MR) is 112 cm³/mol. The fourth-order valence-corrected chi connectivity index (χ4v) is 5.11. The summed E-state index contributed by atoms with van der Waals surface area (Å²) in [4.78, 5) is 0. The van der Waals surface area contributed by atoms with Gasteiger partial charge in [0.25, 0.3) is 10.0 Å². The van der Waals surface area contributed by atoms with Crippen LogP contribution in [0.4, 0.5) is 10.2 Å². The van der Waals surface area contributed by atoms with E-state index in [1.165, 1.54) is 30.0 Å². The van der Waals surface area contributed by atoms with Gasteiger partial charge in [0, 0.05) is 0 Å². The van der Waals surface area contributed by atoms with Gasteiger partial charge in [0.15, 0.2) is 5.82 Å². The zero-order chi connectivity index (χ0) is 21.3. The number of nitrogens with one attached hydrogen (secondary N) is 1. The second kappa shape index (κ2) is 7.78. The molecule has 0 unspecified atom stereocenters. The van der Waals surface area contributed by atoms with Gasteiger partial charge in [0.05, 0.1) is 30.7 Å². The lowest BCUT2D eigenvalue weighted by Gasteiger charge is -2.07. The normalized spacial score (nSPS) is 11.4. The number of ether oxygens (including phenoxy) is 1. The Kier molecular flexibility index (Phi) is 5.15. The van der Waals surface area contributed by atoms with E-state index in [4.69, 9.17) is 10.00 Å². The fraction of sp³-hybridized carbons (Fsp3) is 0.100. The summed E-state index contributed by atoms with van der Waals surface area (Å²) in [6.07, 6.45) is 0. The molecule has 30 heavy (non-hydrogen) atoms. The van der Waals surface area contributed by atoms with Gasteiger partial charge in [0.2, 0.25) is 0 Å². The number of anilines is 1. The molecule has 152 valence electrons. The number of benzene rings is 2. The average molecular weight is 442 g/mol. The number of rotatable bonds is 6. The number of thiophene rings is 1. The maximum absolute atomic E-state index is 14.8. The van der Waals surface area contributed by atoms with Crippen molar-refractivity contribution in [3.63, 3.8) is 0 Å². The van der Waals surface area contributed by atoms with E-state index in [-0.39, 0.29) is 33.2 Å². The average Bonchev–Trinajstić information content (AvgIpc) is 3.38. The number of methoxy groups -OCH3 is 1. The molecule has 0 atom stereocenters. The van der Waals surface area contributed by atoms with Crippen LogP contribution in [0.15, 0.2) is 58.1 Å². The summed E-state index contributed by atoms with van der Waals surface area (Å²) < 4.78 is 49.5. The van der Waals surface area contributed by atoms with Crippen LogP contribution in [0.2, 0.25) is 0 Å². The van der Waals surface area contributed by atoms with Crippen LogP contribution in [0.25, 0.3) is 10.9 Å². The molecule has 0 radical (unpaired) electrons. The van der Waals surface area contributed by atoms with Gasteiger partial charge >= 0.3 is 0 Å². The molecule has 7 nitrogen and oxygen atoms in total. The highest BCUT2D eigenvalue weighted by atomic mass is 32.2. The van der Waals surface area contributed by atoms with E-state index in [1.54, 1.807) is 35.7 Å². The molecule has 1 N–H and O–H groups in total. The van der Waals surface area contributed by atoms with Crippen molar-refractivity contribution in [3.8, 4) is 11.8 Å². The molecule has 0 aliphatic carbocycles. The lowest BCUT2D eigenvalue weighted by Crippen LogP contribution is -2.12. The van der Waals surface area contributed by atoms with Gasteiger partial charge in [-0.3, -0.25) is 9.40 Å². The van der Waals surface area contributed by atoms with Crippen molar-refractivity contribution in [1.29, 1.82) is 5.26 Å². The molecule has 2 aromatic heterocycles. The minimum atomic E-state index is -3.90. The molecule has 2 aromatic carbocycles. The van der Waals surface area contributed by atoms with Crippen LogP contribution >= 0.6 is 11.3 Å². The Bertz CT molecular complexity index is 1370. The lowest BCUT2D eigenvalue weighted by atomic mass is 10.1. The number of nitrogens with zero attached hydrogens (tertiary/aromatic N) is 3. The Hall–Kier alpha value is -3.42. The first kappa shape index (κ1) is 19.9. The Morgan fingerprint density at radius 2 is 2.10 bits per heavy atom. The van der Waals surface area contributed by atoms with Crippen molar-refractivity contribution >= 4 is 38.1 Å². The van der Waals surface area contributed by atoms with Gasteiger partial charge < -0.3 is 4.74 Å². The van der Waals surface area contributed by atoms with E-state index >= 15 is 0 Å². The van der Waals surface area contributed by atoms with E-state index in [0.29, 0.717) is 11.1 Å². The van der Waals surface area contributed by atoms with Gasteiger partial charge in [-0.15, -0.1) is 11.3 Å². The summed E-state index contributed by atoms with van der Waals surface area (Å²) in [7, 11) is -2.48. The monoisotopic (exact) mass is 442 g/mol. The number of sulfonamides is 1. The van der Waals surface area contributed by atoms with Crippen LogP contribution in [0.1, 0.15) is 11.1 Å². The first-order valence-electron chi connectivity index (χ1n) is 8.71. The van der Waals surface area contributed by atoms with Gasteiger partial charge in [-0.25, -0.2) is 12.8 Å². The molecule has 0 aliphatic heterocycles. The highest BCUT2D eigenvalue weighted by Gasteiger charge is 2.24. The molecule has 0 spiro atoms. The van der Waals surface area contributed by atoms with Gasteiger partial charge in [-0.2, -0.15) is 10.4 Å². The molecule has 0 amide bonds. The van der Waals surface area contributed by atoms with Crippen LogP contribution in [0.3, 0.4) is 0 Å². The molecule has 10 heteroatoms. The van der Waals surface area contributed by atoms with Crippen LogP contribution in [0.5, 0.6) is 5.75 Å². The van der Waals surface area contributed by atoms with E-state index in [0.717, 1.165) is 11.3 Å². The predicted octanol–water partition coefficient (Wildman–Crippen LogP) is 3.97. The number of aromatic nitrogens is 2. The quantitative estimate of drug-likeness (QED) is 0.487. The Labute approximate surface area is 176 Å². The summed E-state index contributed by atoms with van der Waals surface area (Å²) >= 11 is 1.06. The summed E-state index contributed by atoms with van der Waals surface area (Å²) in [5.74, 6) is -0.324. The highest BCUT2D eigenvalue weighted by molar-refractivity contribution is 7.94. The third-order valence-corrected chi connectivity index (χ3v) is 7.14. The third kappa shape index (κ3) is 3.60. The second-order valence-electron chi connectivity index (χ2n) is 6.33. The van der Waals surface area contributed by atoms with Crippen molar-refractivity contribution in [1.82, 2.24) is 9.78 Å². The Balaban J connectivity index is 1.86. The van der Waals surface area contributed by atoms with Crippen molar-refractivity contribution < 1.29 is 17.5 Å². The topological polar surface area (TPSA) is 97.0 Å². The molecular weight excluding hydrogens is 427 g/mol. The number of hydrogen-bond donors (Lipinski definition) is 1. The van der Waals surface area contributed by atoms with Crippen LogP contribution in [0, 0.1) is 17.1 Å². The van der Waals surface area contributed by atoms with Gasteiger partial charge in [-0.1, -0.05) is 18.2 Å². The van der Waals surface area contributed by atoms with E-state index in [2.05, 4.69) is 15.9 Å². The van der Waals surface area contributed by atoms with E-state index in [1.807, 2.05) is 0 Å². The maximum atomic E-state index is 14.8. The smallest absolute Gasteiger partial charge is 0.272 e. The molecule has 0 aliphatic rings. The summed E-state index contributed by atoms with van der Waals surface area (Å²) in [5, 5.41) is 15.3. The van der Waals surface area contributed by atoms with Crippen LogP contribution in [-0.4, -0.2) is 25.3 Å². The molecule has 4 rings (SSSR count). The fourth-order valence-electron chi connectivity index (χ4n) is 3.11. The van der Waals surface area contributed by atoms with Gasteiger partial charge in [-0.05, 0) is 41.3 Å². The standard InChI is InChI=1S/C20H15FN4O3S2/c1-28-16-8-7-15(21)19-18(16)20(24-30(26,27)17-6-3-9-29-17)23-25(19)12-14-5-2-4-13(10-14)11-22/h2-10H,12H2,1H3,(H,23,24). The molecule has 2 heterocycles. The lowest BCUT2D eigenvalue weighted by molar-refractivity contribution is 0.419. The van der Waals surface area contributed by atoms with Gasteiger partial charge in [0.1, 0.15) is 21.3 Å². The number of halogens is 1. The Morgan fingerprint density at radius 1 is 1.27 bits per heavy atom. The molecular formula is C20H15FN4O3S2. The van der Waals surface area contributed by atoms with Crippen LogP contribution in [-0.2, 0) is 16.6 Å². The summed E-state index contributed by atoms with van der Waals surface area (Å²) in [6.45, 7) is 0.136. The first-order chi connectivity index (χ1) is 14.4. The van der Waals surface area contributed by atoms with Crippen molar-refractivity contribution in [2.75, 3.05) is 11.8 Å². The van der Waals surface area contributed by atoms with E-state index in [9.17, 15) is 12.8 Å². The number of nitriles is 1. The summed E-state index contributed by atoms with van der Waals surface area (Å²) in [6, 6.07) is 14.6. The number of hydrogen-bond acceptors (Lipinski definition) is 6. The SMILES string of the molecule is COc1ccc(F)c2c1c(NS(=O)(=O)c1cccs1)nn2Cc1cccc(C#N)c1. The largest absolute Gasteiger partial charge is 0.496 e. The van der Waals surface area contributed by atoms with Crippen molar-refractivity contribution in [3.05, 3.63) is 70.9 Å². The third-order valence-electron chi connectivity index (χ3n) is 4.41. The molecule has 4 aromatic rings.